The van der Waals surface area contributed by atoms with Gasteiger partial charge in [-0.25, -0.2) is 0 Å². The molecule has 1 unspecified atom stereocenters. The Hall–Kier alpha value is -1.51. The Morgan fingerprint density at radius 2 is 2.05 bits per heavy atom. The Balaban J connectivity index is 1.81. The maximum absolute atomic E-state index is 4.67. The zero-order valence-corrected chi connectivity index (χ0v) is 12.7. The minimum absolute atomic E-state index is 0.275. The standard InChI is InChI=1S/C17H27N3/c1-3-18-17(19-13-7-8-15-11-12-15)20-14(2)16-9-5-4-6-10-16/h4-6,9-10,14-15H,3,7-8,11-13H2,1-2H3,(H2,18,19,20). The van der Waals surface area contributed by atoms with E-state index in [1.54, 1.807) is 0 Å². The number of guanidine groups is 1. The van der Waals surface area contributed by atoms with Crippen LogP contribution in [-0.4, -0.2) is 19.0 Å². The fraction of sp³-hybridized carbons (Fsp3) is 0.588. The van der Waals surface area contributed by atoms with Gasteiger partial charge >= 0.3 is 0 Å². The van der Waals surface area contributed by atoms with Gasteiger partial charge in [-0.05, 0) is 38.2 Å². The van der Waals surface area contributed by atoms with Crippen LogP contribution in [-0.2, 0) is 0 Å². The minimum atomic E-state index is 0.275. The number of hydrogen-bond acceptors (Lipinski definition) is 1. The van der Waals surface area contributed by atoms with Gasteiger partial charge in [0, 0.05) is 13.1 Å². The van der Waals surface area contributed by atoms with E-state index in [9.17, 15) is 0 Å². The van der Waals surface area contributed by atoms with Crippen LogP contribution in [0.3, 0.4) is 0 Å². The van der Waals surface area contributed by atoms with E-state index in [4.69, 9.17) is 0 Å². The third-order valence-electron chi connectivity index (χ3n) is 3.73. The van der Waals surface area contributed by atoms with Gasteiger partial charge in [-0.3, -0.25) is 4.99 Å². The molecule has 1 saturated carbocycles. The van der Waals surface area contributed by atoms with Gasteiger partial charge in [-0.1, -0.05) is 43.2 Å². The largest absolute Gasteiger partial charge is 0.357 e. The molecule has 110 valence electrons. The number of rotatable bonds is 7. The zero-order chi connectivity index (χ0) is 14.2. The zero-order valence-electron chi connectivity index (χ0n) is 12.7. The van der Waals surface area contributed by atoms with Crippen LogP contribution in [0.1, 0.15) is 51.1 Å². The third-order valence-corrected chi connectivity index (χ3v) is 3.73. The highest BCUT2D eigenvalue weighted by atomic mass is 15.2. The Morgan fingerprint density at radius 3 is 2.70 bits per heavy atom. The van der Waals surface area contributed by atoms with Crippen LogP contribution >= 0.6 is 0 Å². The van der Waals surface area contributed by atoms with E-state index in [-0.39, 0.29) is 6.04 Å². The van der Waals surface area contributed by atoms with Gasteiger partial charge in [0.15, 0.2) is 5.96 Å². The SMILES string of the molecule is CCNC(=NCCCC1CC1)NC(C)c1ccccc1. The van der Waals surface area contributed by atoms with E-state index in [2.05, 4.69) is 53.7 Å². The predicted molar refractivity (Wildman–Crippen MR) is 85.9 cm³/mol. The Labute approximate surface area is 122 Å². The first kappa shape index (κ1) is 14.9. The summed E-state index contributed by atoms with van der Waals surface area (Å²) in [6.07, 6.45) is 5.43. The van der Waals surface area contributed by atoms with E-state index in [0.717, 1.165) is 25.0 Å². The Morgan fingerprint density at radius 1 is 1.30 bits per heavy atom. The minimum Gasteiger partial charge on any atom is -0.357 e. The molecule has 3 nitrogen and oxygen atoms in total. The molecule has 0 heterocycles. The lowest BCUT2D eigenvalue weighted by Gasteiger charge is -2.18. The summed E-state index contributed by atoms with van der Waals surface area (Å²) in [5.74, 6) is 1.93. The summed E-state index contributed by atoms with van der Waals surface area (Å²) in [4.78, 5) is 4.67. The molecule has 3 heteroatoms. The highest BCUT2D eigenvalue weighted by Gasteiger charge is 2.19. The first-order chi connectivity index (χ1) is 9.79. The molecule has 1 aromatic carbocycles. The molecule has 2 N–H and O–H groups in total. The maximum Gasteiger partial charge on any atom is 0.191 e. The number of hydrogen-bond donors (Lipinski definition) is 2. The lowest BCUT2D eigenvalue weighted by molar-refractivity contribution is 0.657. The first-order valence-corrected chi connectivity index (χ1v) is 7.89. The fourth-order valence-electron chi connectivity index (χ4n) is 2.33. The van der Waals surface area contributed by atoms with E-state index < -0.39 is 0 Å². The molecule has 0 aliphatic heterocycles. The van der Waals surface area contributed by atoms with Crippen LogP contribution in [0.4, 0.5) is 0 Å². The summed E-state index contributed by atoms with van der Waals surface area (Å²) >= 11 is 0. The highest BCUT2D eigenvalue weighted by Crippen LogP contribution is 2.33. The number of nitrogens with one attached hydrogen (secondary N) is 2. The summed E-state index contributed by atoms with van der Waals surface area (Å²) in [6.45, 7) is 6.10. The van der Waals surface area contributed by atoms with Crippen molar-refractivity contribution in [3.63, 3.8) is 0 Å². The van der Waals surface area contributed by atoms with Crippen molar-refractivity contribution >= 4 is 5.96 Å². The predicted octanol–water partition coefficient (Wildman–Crippen LogP) is 3.49. The average Bonchev–Trinajstić information content (AvgIpc) is 3.29. The van der Waals surface area contributed by atoms with Crippen molar-refractivity contribution in [3.05, 3.63) is 35.9 Å². The number of nitrogens with zero attached hydrogens (tertiary/aromatic N) is 1. The monoisotopic (exact) mass is 273 g/mol. The molecule has 0 spiro atoms. The molecular weight excluding hydrogens is 246 g/mol. The number of benzene rings is 1. The van der Waals surface area contributed by atoms with Crippen LogP contribution in [0.25, 0.3) is 0 Å². The molecule has 1 aliphatic carbocycles. The second kappa shape index (κ2) is 7.93. The molecule has 0 bridgehead atoms. The van der Waals surface area contributed by atoms with Gasteiger partial charge in [0.05, 0.1) is 6.04 Å². The highest BCUT2D eigenvalue weighted by molar-refractivity contribution is 5.80. The van der Waals surface area contributed by atoms with Crippen molar-refractivity contribution in [1.82, 2.24) is 10.6 Å². The molecule has 20 heavy (non-hydrogen) atoms. The summed E-state index contributed by atoms with van der Waals surface area (Å²) in [5.41, 5.74) is 1.29. The number of aliphatic imine (C=N–C) groups is 1. The third kappa shape index (κ3) is 5.24. The van der Waals surface area contributed by atoms with Gasteiger partial charge in [-0.2, -0.15) is 0 Å². The first-order valence-electron chi connectivity index (χ1n) is 7.89. The van der Waals surface area contributed by atoms with Gasteiger partial charge in [0.2, 0.25) is 0 Å². The Kier molecular flexibility index (Phi) is 5.90. The van der Waals surface area contributed by atoms with E-state index in [1.165, 1.54) is 31.2 Å². The maximum atomic E-state index is 4.67. The van der Waals surface area contributed by atoms with Crippen LogP contribution in [0.15, 0.2) is 35.3 Å². The normalized spacial score (nSPS) is 16.8. The summed E-state index contributed by atoms with van der Waals surface area (Å²) < 4.78 is 0. The lowest BCUT2D eigenvalue weighted by atomic mass is 10.1. The molecule has 2 rings (SSSR count). The molecule has 0 aromatic heterocycles. The summed E-state index contributed by atoms with van der Waals surface area (Å²) in [7, 11) is 0. The van der Waals surface area contributed by atoms with Gasteiger partial charge in [-0.15, -0.1) is 0 Å². The van der Waals surface area contributed by atoms with Gasteiger partial charge in [0.1, 0.15) is 0 Å². The van der Waals surface area contributed by atoms with Crippen molar-refractivity contribution < 1.29 is 0 Å². The quantitative estimate of drug-likeness (QED) is 0.453. The van der Waals surface area contributed by atoms with Crippen molar-refractivity contribution in [2.45, 2.75) is 45.6 Å². The van der Waals surface area contributed by atoms with E-state index >= 15 is 0 Å². The van der Waals surface area contributed by atoms with E-state index in [0.29, 0.717) is 0 Å². The van der Waals surface area contributed by atoms with Gasteiger partial charge in [0.25, 0.3) is 0 Å². The van der Waals surface area contributed by atoms with Gasteiger partial charge < -0.3 is 10.6 Å². The molecule has 1 aliphatic rings. The molecule has 1 fully saturated rings. The topological polar surface area (TPSA) is 36.4 Å². The second-order valence-corrected chi connectivity index (χ2v) is 5.62. The molecule has 0 amide bonds. The van der Waals surface area contributed by atoms with Crippen LogP contribution < -0.4 is 10.6 Å². The molecule has 0 saturated heterocycles. The average molecular weight is 273 g/mol. The van der Waals surface area contributed by atoms with Crippen molar-refractivity contribution in [1.29, 1.82) is 0 Å². The molecule has 0 radical (unpaired) electrons. The smallest absolute Gasteiger partial charge is 0.191 e. The van der Waals surface area contributed by atoms with Crippen LogP contribution in [0.2, 0.25) is 0 Å². The summed E-state index contributed by atoms with van der Waals surface area (Å²) in [5, 5.41) is 6.80. The Bertz CT molecular complexity index is 410. The molecule has 1 aromatic rings. The van der Waals surface area contributed by atoms with Crippen molar-refractivity contribution in [2.75, 3.05) is 13.1 Å². The lowest BCUT2D eigenvalue weighted by Crippen LogP contribution is -2.38. The molecule has 1 atom stereocenters. The summed E-state index contributed by atoms with van der Waals surface area (Å²) in [6, 6.07) is 10.8. The van der Waals surface area contributed by atoms with Crippen molar-refractivity contribution in [3.8, 4) is 0 Å². The second-order valence-electron chi connectivity index (χ2n) is 5.62. The molecular formula is C17H27N3. The van der Waals surface area contributed by atoms with E-state index in [1.807, 2.05) is 6.07 Å². The van der Waals surface area contributed by atoms with Crippen LogP contribution in [0, 0.1) is 5.92 Å². The van der Waals surface area contributed by atoms with Crippen molar-refractivity contribution in [2.24, 2.45) is 10.9 Å². The van der Waals surface area contributed by atoms with Crippen LogP contribution in [0.5, 0.6) is 0 Å². The fourth-order valence-corrected chi connectivity index (χ4v) is 2.33.